The molecule has 0 spiro atoms. The van der Waals surface area contributed by atoms with Crippen LogP contribution < -0.4 is 10.1 Å². The first-order valence-electron chi connectivity index (χ1n) is 6.38. The minimum atomic E-state index is 0.626. The van der Waals surface area contributed by atoms with Gasteiger partial charge in [-0.1, -0.05) is 6.07 Å². The largest absolute Gasteiger partial charge is 0.481 e. The van der Waals surface area contributed by atoms with E-state index in [9.17, 15) is 0 Å². The molecular formula is C14H16N4O. The summed E-state index contributed by atoms with van der Waals surface area (Å²) in [6.45, 7) is 1.87. The van der Waals surface area contributed by atoms with Gasteiger partial charge in [-0.05, 0) is 5.56 Å². The molecule has 0 unspecified atom stereocenters. The minimum Gasteiger partial charge on any atom is -0.481 e. The minimum absolute atomic E-state index is 0.626. The Morgan fingerprint density at radius 3 is 3.00 bits per heavy atom. The topological polar surface area (TPSA) is 59.9 Å². The molecule has 5 heteroatoms. The average molecular weight is 256 g/mol. The van der Waals surface area contributed by atoms with E-state index in [2.05, 4.69) is 20.3 Å². The first-order chi connectivity index (χ1) is 9.35. The molecule has 0 aliphatic carbocycles. The van der Waals surface area contributed by atoms with Gasteiger partial charge in [-0.15, -0.1) is 0 Å². The maximum Gasteiger partial charge on any atom is 0.212 e. The predicted molar refractivity (Wildman–Crippen MR) is 71.0 cm³/mol. The van der Waals surface area contributed by atoms with Gasteiger partial charge in [0.2, 0.25) is 5.88 Å². The molecule has 98 valence electrons. The van der Waals surface area contributed by atoms with Crippen molar-refractivity contribution in [2.45, 2.75) is 19.4 Å². The molecule has 0 radical (unpaired) electrons. The van der Waals surface area contributed by atoms with Crippen molar-refractivity contribution in [3.05, 3.63) is 47.2 Å². The molecule has 1 aliphatic rings. The number of aromatic nitrogens is 3. The molecule has 3 heterocycles. The summed E-state index contributed by atoms with van der Waals surface area (Å²) in [5.74, 6) is 1.48. The van der Waals surface area contributed by atoms with E-state index in [-0.39, 0.29) is 0 Å². The standard InChI is InChI=1S/C14H16N4O/c1-19-14-3-2-10(7-17-14)6-13-16-9-11-8-15-5-4-12(11)18-13/h2-3,7,9,15H,4-6,8H2,1H3. The maximum atomic E-state index is 5.04. The fourth-order valence-corrected chi connectivity index (χ4v) is 2.18. The van der Waals surface area contributed by atoms with Crippen LogP contribution in [0.2, 0.25) is 0 Å². The van der Waals surface area contributed by atoms with Crippen molar-refractivity contribution in [2.75, 3.05) is 13.7 Å². The molecule has 0 bridgehead atoms. The summed E-state index contributed by atoms with van der Waals surface area (Å²) in [7, 11) is 1.61. The molecule has 1 aliphatic heterocycles. The second kappa shape index (κ2) is 5.32. The Kier molecular flexibility index (Phi) is 3.37. The summed E-state index contributed by atoms with van der Waals surface area (Å²) >= 11 is 0. The van der Waals surface area contributed by atoms with Crippen LogP contribution in [0.3, 0.4) is 0 Å². The van der Waals surface area contributed by atoms with Gasteiger partial charge in [0.25, 0.3) is 0 Å². The number of nitrogens with one attached hydrogen (secondary N) is 1. The summed E-state index contributed by atoms with van der Waals surface area (Å²) in [4.78, 5) is 13.3. The summed E-state index contributed by atoms with van der Waals surface area (Å²) < 4.78 is 5.04. The average Bonchev–Trinajstić information content (AvgIpc) is 2.48. The normalized spacial score (nSPS) is 13.9. The second-order valence-electron chi connectivity index (χ2n) is 4.57. The predicted octanol–water partition coefficient (Wildman–Crippen LogP) is 1.12. The number of nitrogens with zero attached hydrogens (tertiary/aromatic N) is 3. The first kappa shape index (κ1) is 12.0. The maximum absolute atomic E-state index is 5.04. The number of pyridine rings is 1. The Bertz CT molecular complexity index is 568. The molecule has 2 aromatic heterocycles. The molecule has 0 atom stereocenters. The molecule has 0 saturated heterocycles. The molecule has 1 N–H and O–H groups in total. The fraction of sp³-hybridized carbons (Fsp3) is 0.357. The van der Waals surface area contributed by atoms with Gasteiger partial charge >= 0.3 is 0 Å². The van der Waals surface area contributed by atoms with Crippen LogP contribution in [0.1, 0.15) is 22.6 Å². The second-order valence-corrected chi connectivity index (χ2v) is 4.57. The van der Waals surface area contributed by atoms with Crippen LogP contribution in [-0.4, -0.2) is 28.6 Å². The van der Waals surface area contributed by atoms with Gasteiger partial charge in [-0.25, -0.2) is 15.0 Å². The number of rotatable bonds is 3. The molecule has 0 aromatic carbocycles. The Labute approximate surface area is 112 Å². The van der Waals surface area contributed by atoms with Crippen LogP contribution >= 0.6 is 0 Å². The Balaban J connectivity index is 1.78. The van der Waals surface area contributed by atoms with Gasteiger partial charge in [-0.2, -0.15) is 0 Å². The highest BCUT2D eigenvalue weighted by molar-refractivity contribution is 5.24. The zero-order chi connectivity index (χ0) is 13.1. The number of hydrogen-bond donors (Lipinski definition) is 1. The van der Waals surface area contributed by atoms with Crippen molar-refractivity contribution >= 4 is 0 Å². The van der Waals surface area contributed by atoms with Gasteiger partial charge in [0.05, 0.1) is 7.11 Å². The Morgan fingerprint density at radius 2 is 2.21 bits per heavy atom. The van der Waals surface area contributed by atoms with E-state index in [1.165, 1.54) is 11.3 Å². The quantitative estimate of drug-likeness (QED) is 0.891. The highest BCUT2D eigenvalue weighted by Crippen LogP contribution is 2.13. The molecule has 0 saturated carbocycles. The van der Waals surface area contributed by atoms with Crippen molar-refractivity contribution in [3.63, 3.8) is 0 Å². The highest BCUT2D eigenvalue weighted by Gasteiger charge is 2.11. The molecule has 0 amide bonds. The van der Waals surface area contributed by atoms with Crippen LogP contribution in [0.15, 0.2) is 24.5 Å². The Hall–Kier alpha value is -2.01. The van der Waals surface area contributed by atoms with E-state index >= 15 is 0 Å². The van der Waals surface area contributed by atoms with E-state index in [0.29, 0.717) is 12.3 Å². The molecule has 0 fully saturated rings. The number of hydrogen-bond acceptors (Lipinski definition) is 5. The third-order valence-electron chi connectivity index (χ3n) is 3.23. The third-order valence-corrected chi connectivity index (χ3v) is 3.23. The van der Waals surface area contributed by atoms with Gasteiger partial charge in [0.1, 0.15) is 5.82 Å². The third kappa shape index (κ3) is 2.71. The lowest BCUT2D eigenvalue weighted by Gasteiger charge is -2.16. The molecule has 5 nitrogen and oxygen atoms in total. The van der Waals surface area contributed by atoms with Crippen LogP contribution in [0.4, 0.5) is 0 Å². The van der Waals surface area contributed by atoms with Crippen LogP contribution in [0.25, 0.3) is 0 Å². The van der Waals surface area contributed by atoms with E-state index < -0.39 is 0 Å². The van der Waals surface area contributed by atoms with Crippen molar-refractivity contribution < 1.29 is 4.74 Å². The number of methoxy groups -OCH3 is 1. The summed E-state index contributed by atoms with van der Waals surface area (Å²) in [6, 6.07) is 3.86. The van der Waals surface area contributed by atoms with E-state index in [0.717, 1.165) is 30.9 Å². The lowest BCUT2D eigenvalue weighted by molar-refractivity contribution is 0.397. The zero-order valence-corrected chi connectivity index (χ0v) is 10.9. The van der Waals surface area contributed by atoms with E-state index in [1.54, 1.807) is 7.11 Å². The zero-order valence-electron chi connectivity index (χ0n) is 10.9. The fourth-order valence-electron chi connectivity index (χ4n) is 2.18. The number of fused-ring (bicyclic) bond motifs is 1. The Morgan fingerprint density at radius 1 is 1.26 bits per heavy atom. The van der Waals surface area contributed by atoms with Crippen molar-refractivity contribution in [2.24, 2.45) is 0 Å². The smallest absolute Gasteiger partial charge is 0.212 e. The van der Waals surface area contributed by atoms with Gasteiger partial charge in [0.15, 0.2) is 0 Å². The first-order valence-corrected chi connectivity index (χ1v) is 6.38. The van der Waals surface area contributed by atoms with Crippen molar-refractivity contribution in [1.82, 2.24) is 20.3 Å². The van der Waals surface area contributed by atoms with E-state index in [1.807, 2.05) is 24.5 Å². The van der Waals surface area contributed by atoms with Crippen LogP contribution in [0, 0.1) is 0 Å². The lowest BCUT2D eigenvalue weighted by Crippen LogP contribution is -2.25. The van der Waals surface area contributed by atoms with Crippen LogP contribution in [-0.2, 0) is 19.4 Å². The van der Waals surface area contributed by atoms with Gasteiger partial charge < -0.3 is 10.1 Å². The molecule has 19 heavy (non-hydrogen) atoms. The van der Waals surface area contributed by atoms with Gasteiger partial charge in [-0.3, -0.25) is 0 Å². The number of ether oxygens (including phenoxy) is 1. The summed E-state index contributed by atoms with van der Waals surface area (Å²) in [5, 5.41) is 3.32. The molecule has 2 aromatic rings. The van der Waals surface area contributed by atoms with E-state index in [4.69, 9.17) is 4.74 Å². The van der Waals surface area contributed by atoms with Crippen LogP contribution in [0.5, 0.6) is 5.88 Å². The van der Waals surface area contributed by atoms with Crippen molar-refractivity contribution in [3.8, 4) is 5.88 Å². The monoisotopic (exact) mass is 256 g/mol. The molecular weight excluding hydrogens is 240 g/mol. The SMILES string of the molecule is COc1ccc(Cc2ncc3c(n2)CCNC3)cn1. The molecule has 3 rings (SSSR count). The van der Waals surface area contributed by atoms with Gasteiger partial charge in [0, 0.05) is 55.6 Å². The summed E-state index contributed by atoms with van der Waals surface area (Å²) in [6.07, 6.45) is 5.42. The highest BCUT2D eigenvalue weighted by atomic mass is 16.5. The lowest BCUT2D eigenvalue weighted by atomic mass is 10.1. The summed E-state index contributed by atoms with van der Waals surface area (Å²) in [5.41, 5.74) is 3.47. The van der Waals surface area contributed by atoms with Crippen molar-refractivity contribution in [1.29, 1.82) is 0 Å².